The highest BCUT2D eigenvalue weighted by Gasteiger charge is 2.11. The average molecular weight is 614 g/mol. The van der Waals surface area contributed by atoms with Gasteiger partial charge in [-0.15, -0.1) is 0 Å². The summed E-state index contributed by atoms with van der Waals surface area (Å²) in [5.74, 6) is 0. The van der Waals surface area contributed by atoms with Crippen molar-refractivity contribution in [1.29, 1.82) is 0 Å². The highest BCUT2D eigenvalue weighted by Crippen LogP contribution is 2.36. The Labute approximate surface area is 280 Å². The van der Waals surface area contributed by atoms with Crippen LogP contribution in [0.25, 0.3) is 78.3 Å². The SMILES string of the molecule is c1ccc(-c2cc(-c3cccc(-c4ccc(-c5cc(-c6ccccn6)cc(-c6ccccn6)c5)cc4)c3)cc(-c3ccccn3)c2)cc1. The fourth-order valence-electron chi connectivity index (χ4n) is 6.16. The monoisotopic (exact) mass is 613 g/mol. The van der Waals surface area contributed by atoms with Crippen molar-refractivity contribution in [3.63, 3.8) is 0 Å². The maximum atomic E-state index is 4.66. The number of nitrogens with zero attached hydrogens (tertiary/aromatic N) is 3. The number of aromatic nitrogens is 3. The molecule has 3 nitrogen and oxygen atoms in total. The van der Waals surface area contributed by atoms with Crippen LogP contribution in [0.5, 0.6) is 0 Å². The van der Waals surface area contributed by atoms with Gasteiger partial charge in [0.1, 0.15) is 0 Å². The van der Waals surface area contributed by atoms with Crippen LogP contribution in [0.3, 0.4) is 0 Å². The molecule has 0 fully saturated rings. The van der Waals surface area contributed by atoms with Crippen molar-refractivity contribution in [2.24, 2.45) is 0 Å². The largest absolute Gasteiger partial charge is 0.256 e. The number of pyridine rings is 3. The number of benzene rings is 5. The molecule has 0 atom stereocenters. The Balaban J connectivity index is 1.16. The van der Waals surface area contributed by atoms with Crippen LogP contribution in [0.4, 0.5) is 0 Å². The molecule has 3 heterocycles. The van der Waals surface area contributed by atoms with Crippen LogP contribution in [-0.4, -0.2) is 15.0 Å². The molecule has 0 radical (unpaired) electrons. The maximum absolute atomic E-state index is 4.66. The predicted molar refractivity (Wildman–Crippen MR) is 198 cm³/mol. The number of hydrogen-bond acceptors (Lipinski definition) is 3. The smallest absolute Gasteiger partial charge is 0.0702 e. The van der Waals surface area contributed by atoms with Crippen molar-refractivity contribution in [1.82, 2.24) is 15.0 Å². The summed E-state index contributed by atoms with van der Waals surface area (Å²) < 4.78 is 0. The topological polar surface area (TPSA) is 38.7 Å². The van der Waals surface area contributed by atoms with E-state index in [1.807, 2.05) is 67.1 Å². The van der Waals surface area contributed by atoms with E-state index in [1.165, 1.54) is 16.7 Å². The molecule has 3 heteroatoms. The molecular formula is C45H31N3. The molecule has 0 amide bonds. The molecule has 0 unspecified atom stereocenters. The van der Waals surface area contributed by atoms with E-state index in [-0.39, 0.29) is 0 Å². The number of hydrogen-bond donors (Lipinski definition) is 0. The lowest BCUT2D eigenvalue weighted by Gasteiger charge is -2.13. The van der Waals surface area contributed by atoms with Crippen LogP contribution in [0.15, 0.2) is 188 Å². The summed E-state index contributed by atoms with van der Waals surface area (Å²) in [4.78, 5) is 13.9. The van der Waals surface area contributed by atoms with Gasteiger partial charge in [0, 0.05) is 35.3 Å². The Bertz CT molecular complexity index is 2180. The van der Waals surface area contributed by atoms with Gasteiger partial charge in [-0.05, 0) is 123 Å². The molecule has 0 saturated heterocycles. The molecule has 0 aliphatic heterocycles. The van der Waals surface area contributed by atoms with E-state index in [4.69, 9.17) is 0 Å². The third kappa shape index (κ3) is 6.18. The Morgan fingerprint density at radius 2 is 0.521 bits per heavy atom. The summed E-state index contributed by atoms with van der Waals surface area (Å²) in [7, 11) is 0. The standard InChI is InChI=1S/C45H31N3/c1-2-11-32(12-3-1)37-26-39(30-40(27-37)43-15-4-7-22-46-43)36-14-10-13-35(25-36)33-18-20-34(21-19-33)38-28-41(44-16-5-8-23-47-44)31-42(29-38)45-17-6-9-24-48-45/h1-31H. The second kappa shape index (κ2) is 13.1. The van der Waals surface area contributed by atoms with Crippen LogP contribution >= 0.6 is 0 Å². The zero-order valence-corrected chi connectivity index (χ0v) is 26.2. The van der Waals surface area contributed by atoms with Gasteiger partial charge in [-0.1, -0.05) is 91.0 Å². The minimum atomic E-state index is 0.938. The van der Waals surface area contributed by atoms with Crippen LogP contribution in [0.1, 0.15) is 0 Å². The molecule has 48 heavy (non-hydrogen) atoms. The van der Waals surface area contributed by atoms with E-state index in [0.29, 0.717) is 0 Å². The summed E-state index contributed by atoms with van der Waals surface area (Å²) in [5.41, 5.74) is 15.3. The Morgan fingerprint density at radius 1 is 0.208 bits per heavy atom. The van der Waals surface area contributed by atoms with Gasteiger partial charge >= 0.3 is 0 Å². The van der Waals surface area contributed by atoms with Gasteiger partial charge in [-0.2, -0.15) is 0 Å². The predicted octanol–water partition coefficient (Wildman–Crippen LogP) is 11.5. The van der Waals surface area contributed by atoms with E-state index in [9.17, 15) is 0 Å². The summed E-state index contributed by atoms with van der Waals surface area (Å²) in [5, 5.41) is 0. The molecule has 0 N–H and O–H groups in total. The first kappa shape index (κ1) is 29.0. The Kier molecular flexibility index (Phi) is 7.92. The summed E-state index contributed by atoms with van der Waals surface area (Å²) in [6, 6.07) is 59.6. The minimum Gasteiger partial charge on any atom is -0.256 e. The quantitative estimate of drug-likeness (QED) is 0.179. The first-order valence-corrected chi connectivity index (χ1v) is 16.1. The lowest BCUT2D eigenvalue weighted by molar-refractivity contribution is 1.31. The third-order valence-corrected chi connectivity index (χ3v) is 8.60. The van der Waals surface area contributed by atoms with Gasteiger partial charge in [-0.25, -0.2) is 0 Å². The van der Waals surface area contributed by atoms with Gasteiger partial charge in [0.15, 0.2) is 0 Å². The Hall–Kier alpha value is -6.45. The zero-order valence-electron chi connectivity index (χ0n) is 26.2. The fourth-order valence-corrected chi connectivity index (χ4v) is 6.16. The van der Waals surface area contributed by atoms with Crippen LogP contribution < -0.4 is 0 Å². The van der Waals surface area contributed by atoms with E-state index >= 15 is 0 Å². The summed E-state index contributed by atoms with van der Waals surface area (Å²) in [6.45, 7) is 0. The maximum Gasteiger partial charge on any atom is 0.0702 e. The van der Waals surface area contributed by atoms with Crippen LogP contribution in [0.2, 0.25) is 0 Å². The van der Waals surface area contributed by atoms with Crippen molar-refractivity contribution in [2.45, 2.75) is 0 Å². The van der Waals surface area contributed by atoms with Crippen molar-refractivity contribution < 1.29 is 0 Å². The molecule has 0 saturated carbocycles. The lowest BCUT2D eigenvalue weighted by atomic mass is 9.92. The van der Waals surface area contributed by atoms with Crippen LogP contribution in [-0.2, 0) is 0 Å². The van der Waals surface area contributed by atoms with Crippen molar-refractivity contribution in [3.8, 4) is 78.3 Å². The second-order valence-corrected chi connectivity index (χ2v) is 11.8. The molecule has 8 aromatic rings. The highest BCUT2D eigenvalue weighted by molar-refractivity contribution is 5.83. The molecule has 0 aliphatic rings. The van der Waals surface area contributed by atoms with Gasteiger partial charge < -0.3 is 0 Å². The molecule has 226 valence electrons. The van der Waals surface area contributed by atoms with Gasteiger partial charge in [-0.3, -0.25) is 15.0 Å². The molecular weight excluding hydrogens is 583 g/mol. The minimum absolute atomic E-state index is 0.938. The second-order valence-electron chi connectivity index (χ2n) is 11.8. The van der Waals surface area contributed by atoms with E-state index < -0.39 is 0 Å². The lowest BCUT2D eigenvalue weighted by Crippen LogP contribution is -1.89. The third-order valence-electron chi connectivity index (χ3n) is 8.60. The van der Waals surface area contributed by atoms with Crippen molar-refractivity contribution >= 4 is 0 Å². The molecule has 5 aromatic carbocycles. The van der Waals surface area contributed by atoms with Gasteiger partial charge in [0.25, 0.3) is 0 Å². The van der Waals surface area contributed by atoms with Crippen LogP contribution in [0, 0.1) is 0 Å². The molecule has 0 bridgehead atoms. The van der Waals surface area contributed by atoms with E-state index in [2.05, 4.69) is 136 Å². The molecule has 3 aromatic heterocycles. The normalized spacial score (nSPS) is 10.9. The molecule has 8 rings (SSSR count). The fraction of sp³-hybridized carbons (Fsp3) is 0. The Morgan fingerprint density at radius 3 is 0.979 bits per heavy atom. The summed E-state index contributed by atoms with van der Waals surface area (Å²) >= 11 is 0. The highest BCUT2D eigenvalue weighted by atomic mass is 14.7. The van der Waals surface area contributed by atoms with Gasteiger partial charge in [0.05, 0.1) is 17.1 Å². The van der Waals surface area contributed by atoms with E-state index in [1.54, 1.807) is 0 Å². The first-order chi connectivity index (χ1) is 23.8. The average Bonchev–Trinajstić information content (AvgIpc) is 3.19. The van der Waals surface area contributed by atoms with Gasteiger partial charge in [0.2, 0.25) is 0 Å². The zero-order chi connectivity index (χ0) is 32.1. The van der Waals surface area contributed by atoms with Crippen molar-refractivity contribution in [3.05, 3.63) is 188 Å². The molecule has 0 aliphatic carbocycles. The number of rotatable bonds is 7. The van der Waals surface area contributed by atoms with E-state index in [0.717, 1.165) is 61.6 Å². The first-order valence-electron chi connectivity index (χ1n) is 16.1. The molecule has 0 spiro atoms. The summed E-state index contributed by atoms with van der Waals surface area (Å²) in [6.07, 6.45) is 5.52. The van der Waals surface area contributed by atoms with Crippen molar-refractivity contribution in [2.75, 3.05) is 0 Å².